The van der Waals surface area contributed by atoms with Crippen LogP contribution in [0.15, 0.2) is 9.98 Å². The van der Waals surface area contributed by atoms with Crippen LogP contribution in [0.3, 0.4) is 0 Å². The van der Waals surface area contributed by atoms with Gasteiger partial charge in [-0.2, -0.15) is 4.98 Å². The number of thiazole rings is 1. The maximum Gasteiger partial charge on any atom is 0.273 e. The third-order valence-corrected chi connectivity index (χ3v) is 1.97. The molecule has 1 aromatic rings. The molecular weight excluding hydrogens is 190 g/mol. The van der Waals surface area contributed by atoms with Crippen LogP contribution < -0.4 is 4.74 Å². The molecule has 0 saturated heterocycles. The van der Waals surface area contributed by atoms with E-state index in [4.69, 9.17) is 4.11 Å². The van der Waals surface area contributed by atoms with Crippen LogP contribution in [0.4, 0.5) is 0 Å². The summed E-state index contributed by atoms with van der Waals surface area (Å²) in [6.07, 6.45) is 0. The molecule has 0 saturated carbocycles. The lowest BCUT2D eigenvalue weighted by Crippen LogP contribution is -1.77. The number of nitrogens with zero attached hydrogens (tertiary/aromatic N) is 1. The van der Waals surface area contributed by atoms with E-state index in [0.29, 0.717) is 4.60 Å². The second kappa shape index (κ2) is 2.46. The maximum absolute atomic E-state index is 6.74. The van der Waals surface area contributed by atoms with Crippen molar-refractivity contribution in [2.24, 2.45) is 0 Å². The summed E-state index contributed by atoms with van der Waals surface area (Å²) in [5, 5.41) is 1.80. The number of methoxy groups -OCH3 is 1. The summed E-state index contributed by atoms with van der Waals surface area (Å²) >= 11 is 4.21. The van der Waals surface area contributed by atoms with Crippen LogP contribution in [0.5, 0.6) is 5.19 Å². The normalized spacial score (nSPS) is 16.4. The van der Waals surface area contributed by atoms with Crippen molar-refractivity contribution in [1.82, 2.24) is 4.98 Å². The second-order valence-electron chi connectivity index (χ2n) is 1.04. The van der Waals surface area contributed by atoms with Crippen molar-refractivity contribution in [3.05, 3.63) is 9.98 Å². The first kappa shape index (κ1) is 3.17. The van der Waals surface area contributed by atoms with Gasteiger partial charge in [0.05, 0.1) is 11.2 Å². The van der Waals surface area contributed by atoms with E-state index in [1.165, 1.54) is 0 Å². The molecule has 0 spiro atoms. The van der Waals surface area contributed by atoms with Gasteiger partial charge in [0.15, 0.2) is 0 Å². The van der Waals surface area contributed by atoms with E-state index in [1.807, 2.05) is 0 Å². The summed E-state index contributed by atoms with van der Waals surface area (Å²) in [5.74, 6) is 0. The fourth-order valence-electron chi connectivity index (χ4n) is 0.286. The van der Waals surface area contributed by atoms with Crippen LogP contribution in [-0.2, 0) is 0 Å². The Balaban J connectivity index is 2.65. The first-order chi connectivity index (χ1) is 4.97. The molecule has 0 radical (unpaired) electrons. The molecule has 0 amide bonds. The van der Waals surface area contributed by atoms with E-state index in [9.17, 15) is 0 Å². The molecule has 0 fully saturated rings. The minimum atomic E-state index is -2.41. The van der Waals surface area contributed by atoms with Gasteiger partial charge in [-0.25, -0.2) is 0 Å². The molecular formula is C4H4BrNOS. The predicted octanol–water partition coefficient (Wildman–Crippen LogP) is 1.91. The summed E-state index contributed by atoms with van der Waals surface area (Å²) in [5.41, 5.74) is 0. The van der Waals surface area contributed by atoms with Crippen molar-refractivity contribution in [2.45, 2.75) is 0 Å². The lowest BCUT2D eigenvalue weighted by atomic mass is 11.0. The average Bonchev–Trinajstić information content (AvgIpc) is 2.10. The zero-order valence-electron chi connectivity index (χ0n) is 6.72. The van der Waals surface area contributed by atoms with Crippen molar-refractivity contribution >= 4 is 27.3 Å². The molecule has 0 aliphatic heterocycles. The van der Waals surface area contributed by atoms with Crippen molar-refractivity contribution in [1.29, 1.82) is 0 Å². The van der Waals surface area contributed by atoms with Gasteiger partial charge in [-0.1, -0.05) is 11.3 Å². The van der Waals surface area contributed by atoms with E-state index in [1.54, 1.807) is 5.38 Å². The van der Waals surface area contributed by atoms with Crippen LogP contribution in [0.1, 0.15) is 4.11 Å². The number of ether oxygens (including phenoxy) is 1. The molecule has 1 aromatic heterocycles. The second-order valence-corrected chi connectivity index (χ2v) is 2.67. The Hall–Kier alpha value is -0.0900. The van der Waals surface area contributed by atoms with E-state index >= 15 is 0 Å². The van der Waals surface area contributed by atoms with E-state index in [2.05, 4.69) is 25.7 Å². The highest BCUT2D eigenvalue weighted by Gasteiger charge is 1.94. The van der Waals surface area contributed by atoms with Crippen LogP contribution >= 0.6 is 27.3 Å². The van der Waals surface area contributed by atoms with Crippen molar-refractivity contribution in [2.75, 3.05) is 7.04 Å². The quantitative estimate of drug-likeness (QED) is 0.686. The minimum Gasteiger partial charge on any atom is -0.473 e. The Morgan fingerprint density at radius 1 is 2.12 bits per heavy atom. The lowest BCUT2D eigenvalue weighted by molar-refractivity contribution is 0.411. The summed E-state index contributed by atoms with van der Waals surface area (Å²) < 4.78 is 25.3. The van der Waals surface area contributed by atoms with Crippen LogP contribution in [0, 0.1) is 0 Å². The number of rotatable bonds is 1. The Morgan fingerprint density at radius 2 is 3.00 bits per heavy atom. The lowest BCUT2D eigenvalue weighted by Gasteiger charge is -1.84. The number of hydrogen-bond acceptors (Lipinski definition) is 3. The first-order valence-corrected chi connectivity index (χ1v) is 3.45. The van der Waals surface area contributed by atoms with Crippen LogP contribution in [0.25, 0.3) is 0 Å². The molecule has 0 aromatic carbocycles. The highest BCUT2D eigenvalue weighted by Crippen LogP contribution is 2.20. The van der Waals surface area contributed by atoms with Gasteiger partial charge in [-0.15, -0.1) is 0 Å². The topological polar surface area (TPSA) is 22.1 Å². The van der Waals surface area contributed by atoms with Crippen LogP contribution in [-0.4, -0.2) is 12.0 Å². The molecule has 0 N–H and O–H groups in total. The number of halogens is 1. The molecule has 0 atom stereocenters. The third kappa shape index (κ3) is 1.20. The summed E-state index contributed by atoms with van der Waals surface area (Å²) in [6, 6.07) is 0. The molecule has 4 heteroatoms. The van der Waals surface area contributed by atoms with E-state index < -0.39 is 7.04 Å². The van der Waals surface area contributed by atoms with Gasteiger partial charge in [0.2, 0.25) is 0 Å². The number of aromatic nitrogens is 1. The summed E-state index contributed by atoms with van der Waals surface area (Å²) in [6.45, 7) is 0. The monoisotopic (exact) mass is 196 g/mol. The first-order valence-electron chi connectivity index (χ1n) is 3.27. The van der Waals surface area contributed by atoms with Crippen molar-refractivity contribution < 1.29 is 8.85 Å². The predicted molar refractivity (Wildman–Crippen MR) is 36.4 cm³/mol. The minimum absolute atomic E-state index is 0.150. The molecule has 8 heavy (non-hydrogen) atoms. The maximum atomic E-state index is 6.74. The van der Waals surface area contributed by atoms with Gasteiger partial charge >= 0.3 is 0 Å². The molecule has 44 valence electrons. The molecule has 1 rings (SSSR count). The Labute approximate surface area is 63.9 Å². The fourth-order valence-corrected chi connectivity index (χ4v) is 1.29. The van der Waals surface area contributed by atoms with Gasteiger partial charge < -0.3 is 4.74 Å². The van der Waals surface area contributed by atoms with Gasteiger partial charge in [0, 0.05) is 5.38 Å². The molecule has 0 unspecified atom stereocenters. The Kier molecular flexibility index (Phi) is 0.975. The Morgan fingerprint density at radius 3 is 3.50 bits per heavy atom. The van der Waals surface area contributed by atoms with E-state index in [0.717, 1.165) is 11.3 Å². The molecule has 2 nitrogen and oxygen atoms in total. The SMILES string of the molecule is [2H]C([2H])([2H])Oc1nc(Br)cs1. The summed E-state index contributed by atoms with van der Waals surface area (Å²) in [7, 11) is -2.41. The highest BCUT2D eigenvalue weighted by molar-refractivity contribution is 9.10. The van der Waals surface area contributed by atoms with Crippen LogP contribution in [0.2, 0.25) is 0 Å². The van der Waals surface area contributed by atoms with Gasteiger partial charge in [0.1, 0.15) is 4.60 Å². The zero-order chi connectivity index (χ0) is 8.48. The number of hydrogen-bond donors (Lipinski definition) is 0. The van der Waals surface area contributed by atoms with Gasteiger partial charge in [-0.3, -0.25) is 0 Å². The average molecular weight is 197 g/mol. The Bertz CT molecular complexity index is 248. The standard InChI is InChI=1S/C4H4BrNOS/c1-7-4-6-3(5)2-8-4/h2H,1H3/i1D3. The fraction of sp³-hybridized carbons (Fsp3) is 0.250. The van der Waals surface area contributed by atoms with Gasteiger partial charge in [0.25, 0.3) is 5.19 Å². The third-order valence-electron chi connectivity index (χ3n) is 0.542. The highest BCUT2D eigenvalue weighted by atomic mass is 79.9. The zero-order valence-corrected chi connectivity index (χ0v) is 6.12. The van der Waals surface area contributed by atoms with Crippen molar-refractivity contribution in [3.63, 3.8) is 0 Å². The molecule has 1 heterocycles. The smallest absolute Gasteiger partial charge is 0.273 e. The van der Waals surface area contributed by atoms with E-state index in [-0.39, 0.29) is 5.19 Å². The van der Waals surface area contributed by atoms with Crippen molar-refractivity contribution in [3.8, 4) is 5.19 Å². The molecule has 0 bridgehead atoms. The molecule has 0 aliphatic carbocycles. The molecule has 0 aliphatic rings. The largest absolute Gasteiger partial charge is 0.473 e. The van der Waals surface area contributed by atoms with Gasteiger partial charge in [-0.05, 0) is 15.9 Å². The summed E-state index contributed by atoms with van der Waals surface area (Å²) in [4.78, 5) is 3.75.